The second kappa shape index (κ2) is 5.77. The summed E-state index contributed by atoms with van der Waals surface area (Å²) in [6.45, 7) is 9.64. The van der Waals surface area contributed by atoms with E-state index in [1.807, 2.05) is 0 Å². The zero-order chi connectivity index (χ0) is 13.9. The second-order valence-electron chi connectivity index (χ2n) is 6.15. The van der Waals surface area contributed by atoms with Crippen LogP contribution in [0.3, 0.4) is 0 Å². The molecule has 1 aromatic rings. The van der Waals surface area contributed by atoms with Gasteiger partial charge in [-0.2, -0.15) is 0 Å². The van der Waals surface area contributed by atoms with Gasteiger partial charge < -0.3 is 4.74 Å². The summed E-state index contributed by atoms with van der Waals surface area (Å²) < 4.78 is 6.10. The lowest BCUT2D eigenvalue weighted by Crippen LogP contribution is -2.18. The van der Waals surface area contributed by atoms with Crippen LogP contribution in [-0.2, 0) is 4.74 Å². The molecule has 1 fully saturated rings. The smallest absolute Gasteiger partial charge is 0.189 e. The fourth-order valence-electron chi connectivity index (χ4n) is 2.44. The van der Waals surface area contributed by atoms with Gasteiger partial charge in [-0.15, -0.1) is 0 Å². The van der Waals surface area contributed by atoms with Crippen molar-refractivity contribution in [1.29, 1.82) is 0 Å². The van der Waals surface area contributed by atoms with Crippen LogP contribution in [-0.4, -0.2) is 12.4 Å². The van der Waals surface area contributed by atoms with E-state index in [9.17, 15) is 0 Å². The van der Waals surface area contributed by atoms with Crippen LogP contribution in [0.2, 0.25) is 0 Å². The predicted molar refractivity (Wildman–Crippen MR) is 80.6 cm³/mol. The molecule has 1 heterocycles. The number of nitrogens with zero attached hydrogens (tertiary/aromatic N) is 1. The van der Waals surface area contributed by atoms with Gasteiger partial charge in [-0.25, -0.2) is 0 Å². The lowest BCUT2D eigenvalue weighted by Gasteiger charge is -2.14. The minimum Gasteiger partial charge on any atom is -0.472 e. The maximum Gasteiger partial charge on any atom is 0.189 e. The minimum absolute atomic E-state index is 0.0588. The molecule has 1 unspecified atom stereocenters. The molecule has 0 bridgehead atoms. The normalized spacial score (nSPS) is 23.6. The van der Waals surface area contributed by atoms with E-state index in [0.717, 1.165) is 25.3 Å². The van der Waals surface area contributed by atoms with Gasteiger partial charge in [0.2, 0.25) is 0 Å². The molecule has 1 atom stereocenters. The largest absolute Gasteiger partial charge is 0.472 e. The zero-order valence-corrected chi connectivity index (χ0v) is 12.6. The first-order chi connectivity index (χ1) is 9.03. The molecule has 2 rings (SSSR count). The van der Waals surface area contributed by atoms with Crippen LogP contribution >= 0.6 is 0 Å². The van der Waals surface area contributed by atoms with Crippen molar-refractivity contribution >= 4 is 5.90 Å². The van der Waals surface area contributed by atoms with E-state index in [1.54, 1.807) is 0 Å². The highest BCUT2D eigenvalue weighted by Crippen LogP contribution is 2.42. The summed E-state index contributed by atoms with van der Waals surface area (Å²) in [7, 11) is 0. The average molecular weight is 259 g/mol. The topological polar surface area (TPSA) is 21.6 Å². The fraction of sp³-hybridized carbons (Fsp3) is 0.588. The Morgan fingerprint density at radius 1 is 1.26 bits per heavy atom. The molecule has 2 heteroatoms. The van der Waals surface area contributed by atoms with Gasteiger partial charge in [0.15, 0.2) is 5.90 Å². The molecule has 2 nitrogen and oxygen atoms in total. The number of hydrogen-bond acceptors (Lipinski definition) is 2. The number of benzene rings is 1. The predicted octanol–water partition coefficient (Wildman–Crippen LogP) is 4.68. The molecule has 104 valence electrons. The van der Waals surface area contributed by atoms with Crippen molar-refractivity contribution in [2.45, 2.75) is 53.1 Å². The third-order valence-electron chi connectivity index (χ3n) is 3.74. The van der Waals surface area contributed by atoms with Crippen LogP contribution in [0.5, 0.6) is 0 Å². The summed E-state index contributed by atoms with van der Waals surface area (Å²) in [5.74, 6) is 0.937. The van der Waals surface area contributed by atoms with Gasteiger partial charge >= 0.3 is 0 Å². The van der Waals surface area contributed by atoms with Gasteiger partial charge in [0, 0.05) is 18.4 Å². The van der Waals surface area contributed by atoms with Crippen LogP contribution in [0, 0.1) is 12.3 Å². The molecule has 0 saturated carbocycles. The molecule has 1 saturated heterocycles. The van der Waals surface area contributed by atoms with Gasteiger partial charge in [0.05, 0.1) is 0 Å². The van der Waals surface area contributed by atoms with Crippen LogP contribution < -0.4 is 0 Å². The first-order valence-corrected chi connectivity index (χ1v) is 7.31. The molecule has 1 aliphatic heterocycles. The van der Waals surface area contributed by atoms with Gasteiger partial charge in [0.25, 0.3) is 0 Å². The van der Waals surface area contributed by atoms with Crippen molar-refractivity contribution in [3.63, 3.8) is 0 Å². The highest BCUT2D eigenvalue weighted by Gasteiger charge is 2.39. The lowest BCUT2D eigenvalue weighted by molar-refractivity contribution is 0.221. The van der Waals surface area contributed by atoms with E-state index >= 15 is 0 Å². The maximum absolute atomic E-state index is 6.10. The Morgan fingerprint density at radius 3 is 2.58 bits per heavy atom. The van der Waals surface area contributed by atoms with Crippen molar-refractivity contribution in [1.82, 2.24) is 0 Å². The Morgan fingerprint density at radius 2 is 1.95 bits per heavy atom. The van der Waals surface area contributed by atoms with Crippen molar-refractivity contribution in [3.05, 3.63) is 35.4 Å². The lowest BCUT2D eigenvalue weighted by atomic mass is 9.87. The van der Waals surface area contributed by atoms with Crippen molar-refractivity contribution in [2.75, 3.05) is 6.54 Å². The second-order valence-corrected chi connectivity index (χ2v) is 6.15. The summed E-state index contributed by atoms with van der Waals surface area (Å²) in [6.07, 6.45) is 3.49. The van der Waals surface area contributed by atoms with Gasteiger partial charge in [-0.1, -0.05) is 57.0 Å². The summed E-state index contributed by atoms with van der Waals surface area (Å²) >= 11 is 0. The minimum atomic E-state index is 0.0588. The molecular weight excluding hydrogens is 234 g/mol. The van der Waals surface area contributed by atoms with E-state index in [0.29, 0.717) is 0 Å². The van der Waals surface area contributed by atoms with E-state index in [1.165, 1.54) is 17.5 Å². The monoisotopic (exact) mass is 259 g/mol. The quantitative estimate of drug-likeness (QED) is 0.719. The van der Waals surface area contributed by atoms with Gasteiger partial charge in [-0.3, -0.25) is 4.99 Å². The number of hydrogen-bond donors (Lipinski definition) is 0. The fourth-order valence-corrected chi connectivity index (χ4v) is 2.44. The highest BCUT2D eigenvalue weighted by molar-refractivity contribution is 5.84. The zero-order valence-electron chi connectivity index (χ0n) is 12.6. The first kappa shape index (κ1) is 14.1. The molecular formula is C17H25NO. The Bertz CT molecular complexity index is 445. The molecule has 0 radical (unpaired) electrons. The van der Waals surface area contributed by atoms with Gasteiger partial charge in [0.1, 0.15) is 6.10 Å². The third kappa shape index (κ3) is 3.37. The Balaban J connectivity index is 2.11. The molecule has 1 aromatic carbocycles. The summed E-state index contributed by atoms with van der Waals surface area (Å²) in [6, 6.07) is 8.64. The van der Waals surface area contributed by atoms with Crippen molar-refractivity contribution in [2.24, 2.45) is 10.4 Å². The Hall–Kier alpha value is -1.31. The number of aryl methyl sites for hydroxylation is 1. The molecule has 0 spiro atoms. The maximum atomic E-state index is 6.10. The van der Waals surface area contributed by atoms with Crippen LogP contribution in [0.25, 0.3) is 0 Å². The third-order valence-corrected chi connectivity index (χ3v) is 3.74. The van der Waals surface area contributed by atoms with Crippen LogP contribution in [0.1, 0.15) is 57.3 Å². The Labute approximate surface area is 116 Å². The summed E-state index contributed by atoms with van der Waals surface area (Å²) in [5.41, 5.74) is 2.61. The summed E-state index contributed by atoms with van der Waals surface area (Å²) in [4.78, 5) is 4.65. The molecule has 0 aliphatic carbocycles. The molecule has 0 N–H and O–H groups in total. The molecule has 19 heavy (non-hydrogen) atoms. The van der Waals surface area contributed by atoms with E-state index in [-0.39, 0.29) is 11.5 Å². The first-order valence-electron chi connectivity index (χ1n) is 7.31. The van der Waals surface area contributed by atoms with E-state index in [2.05, 4.69) is 57.0 Å². The van der Waals surface area contributed by atoms with Crippen LogP contribution in [0.4, 0.5) is 0 Å². The molecule has 0 amide bonds. The average Bonchev–Trinajstić information content (AvgIpc) is 2.66. The van der Waals surface area contributed by atoms with Crippen molar-refractivity contribution < 1.29 is 4.74 Å². The van der Waals surface area contributed by atoms with Crippen molar-refractivity contribution in [3.8, 4) is 0 Å². The SMILES string of the molecule is CCCCN=C1OC(c2ccc(C)cc2)CC1(C)C. The van der Waals surface area contributed by atoms with E-state index in [4.69, 9.17) is 4.74 Å². The van der Waals surface area contributed by atoms with E-state index < -0.39 is 0 Å². The Kier molecular flexibility index (Phi) is 4.28. The number of unbranched alkanes of at least 4 members (excludes halogenated alkanes) is 1. The standard InChI is InChI=1S/C17H25NO/c1-5-6-11-18-16-17(3,4)12-15(19-16)14-9-7-13(2)8-10-14/h7-10,15H,5-6,11-12H2,1-4H3. The van der Waals surface area contributed by atoms with Gasteiger partial charge in [-0.05, 0) is 18.9 Å². The number of ether oxygens (including phenoxy) is 1. The number of rotatable bonds is 4. The molecule has 1 aliphatic rings. The van der Waals surface area contributed by atoms with Crippen LogP contribution in [0.15, 0.2) is 29.3 Å². The summed E-state index contributed by atoms with van der Waals surface area (Å²) in [5, 5.41) is 0. The number of aliphatic imine (C=N–C) groups is 1. The molecule has 0 aromatic heterocycles. The highest BCUT2D eigenvalue weighted by atomic mass is 16.5.